The molecule has 1 saturated heterocycles. The van der Waals surface area contributed by atoms with Gasteiger partial charge in [0.15, 0.2) is 0 Å². The highest BCUT2D eigenvalue weighted by Gasteiger charge is 2.42. The van der Waals surface area contributed by atoms with E-state index in [4.69, 9.17) is 9.47 Å². The molecular weight excluding hydrogens is 256 g/mol. The Balaban J connectivity index is 1.69. The van der Waals surface area contributed by atoms with Crippen molar-refractivity contribution in [3.8, 4) is 0 Å². The molecule has 2 fully saturated rings. The van der Waals surface area contributed by atoms with E-state index in [-0.39, 0.29) is 6.03 Å². The van der Waals surface area contributed by atoms with Crippen molar-refractivity contribution in [1.29, 1.82) is 0 Å². The minimum absolute atomic E-state index is 0.0848. The predicted molar refractivity (Wildman–Crippen MR) is 77.7 cm³/mol. The summed E-state index contributed by atoms with van der Waals surface area (Å²) < 4.78 is 10.3. The van der Waals surface area contributed by atoms with Gasteiger partial charge in [-0.3, -0.25) is 0 Å². The highest BCUT2D eigenvalue weighted by Crippen LogP contribution is 2.39. The maximum atomic E-state index is 12.3. The van der Waals surface area contributed by atoms with Crippen molar-refractivity contribution in [3.05, 3.63) is 0 Å². The van der Waals surface area contributed by atoms with Crippen LogP contribution < -0.4 is 5.32 Å². The lowest BCUT2D eigenvalue weighted by atomic mass is 9.80. The molecule has 1 aliphatic heterocycles. The monoisotopic (exact) mass is 284 g/mol. The Bertz CT molecular complexity index is 311. The van der Waals surface area contributed by atoms with Crippen molar-refractivity contribution >= 4 is 6.03 Å². The number of fused-ring (bicyclic) bond motifs is 1. The fourth-order valence-corrected chi connectivity index (χ4v) is 3.58. The second kappa shape index (κ2) is 7.84. The largest absolute Gasteiger partial charge is 0.382 e. The van der Waals surface area contributed by atoms with Crippen LogP contribution in [0, 0.1) is 11.8 Å². The summed E-state index contributed by atoms with van der Waals surface area (Å²) in [5, 5.41) is 2.98. The van der Waals surface area contributed by atoms with Crippen molar-refractivity contribution in [2.45, 2.75) is 38.6 Å². The molecule has 0 spiro atoms. The van der Waals surface area contributed by atoms with Crippen LogP contribution in [0.1, 0.15) is 32.6 Å². The van der Waals surface area contributed by atoms with Crippen molar-refractivity contribution in [3.63, 3.8) is 0 Å². The van der Waals surface area contributed by atoms with Crippen LogP contribution in [0.15, 0.2) is 0 Å². The van der Waals surface area contributed by atoms with Crippen LogP contribution in [0.2, 0.25) is 0 Å². The van der Waals surface area contributed by atoms with Crippen LogP contribution in [0.4, 0.5) is 4.79 Å². The third-order valence-electron chi connectivity index (χ3n) is 4.61. The number of urea groups is 1. The molecule has 5 heteroatoms. The van der Waals surface area contributed by atoms with Gasteiger partial charge in [0, 0.05) is 26.2 Å². The summed E-state index contributed by atoms with van der Waals surface area (Å²) in [6, 6.07) is 0.551. The summed E-state index contributed by atoms with van der Waals surface area (Å²) in [7, 11) is 1.65. The fraction of sp³-hybridized carbons (Fsp3) is 0.933. The first-order valence-electron chi connectivity index (χ1n) is 7.85. The number of carbonyl (C=O) groups excluding carboxylic acids is 1. The van der Waals surface area contributed by atoms with Gasteiger partial charge in [0.1, 0.15) is 0 Å². The molecule has 1 saturated carbocycles. The SMILES string of the molecule is COCCOCCNC(=O)N1CC(C)C2CCCCC21. The van der Waals surface area contributed by atoms with Gasteiger partial charge in [0.05, 0.1) is 19.8 Å². The van der Waals surface area contributed by atoms with E-state index in [0.717, 1.165) is 6.54 Å². The molecule has 0 radical (unpaired) electrons. The van der Waals surface area contributed by atoms with Crippen molar-refractivity contribution in [2.75, 3.05) is 40.0 Å². The number of likely N-dealkylation sites (tertiary alicyclic amines) is 1. The van der Waals surface area contributed by atoms with Crippen LogP contribution in [0.25, 0.3) is 0 Å². The van der Waals surface area contributed by atoms with Crippen molar-refractivity contribution < 1.29 is 14.3 Å². The molecule has 3 atom stereocenters. The lowest BCUT2D eigenvalue weighted by Crippen LogP contribution is -2.45. The highest BCUT2D eigenvalue weighted by molar-refractivity contribution is 5.75. The summed E-state index contributed by atoms with van der Waals surface area (Å²) in [6.07, 6.45) is 5.05. The summed E-state index contributed by atoms with van der Waals surface area (Å²) >= 11 is 0. The minimum Gasteiger partial charge on any atom is -0.382 e. The number of carbonyl (C=O) groups is 1. The first-order chi connectivity index (χ1) is 9.74. The van der Waals surface area contributed by atoms with Gasteiger partial charge in [-0.2, -0.15) is 0 Å². The molecular formula is C15H28N2O3. The predicted octanol–water partition coefficient (Wildman–Crippen LogP) is 1.87. The molecule has 116 valence electrons. The van der Waals surface area contributed by atoms with Gasteiger partial charge in [-0.15, -0.1) is 0 Å². The van der Waals surface area contributed by atoms with E-state index in [9.17, 15) is 4.79 Å². The van der Waals surface area contributed by atoms with Gasteiger partial charge >= 0.3 is 6.03 Å². The molecule has 2 amide bonds. The van der Waals surface area contributed by atoms with Crippen LogP contribution in [-0.2, 0) is 9.47 Å². The second-order valence-corrected chi connectivity index (χ2v) is 5.98. The zero-order chi connectivity index (χ0) is 14.4. The molecule has 0 bridgehead atoms. The molecule has 2 rings (SSSR count). The lowest BCUT2D eigenvalue weighted by Gasteiger charge is -2.32. The molecule has 3 unspecified atom stereocenters. The molecule has 0 aromatic rings. The number of nitrogens with zero attached hydrogens (tertiary/aromatic N) is 1. The van der Waals surface area contributed by atoms with Gasteiger partial charge in [-0.25, -0.2) is 4.79 Å². The summed E-state index contributed by atoms with van der Waals surface area (Å²) in [5.74, 6) is 1.36. The minimum atomic E-state index is 0.0848. The second-order valence-electron chi connectivity index (χ2n) is 5.98. The lowest BCUT2D eigenvalue weighted by molar-refractivity contribution is 0.0718. The van der Waals surface area contributed by atoms with E-state index in [2.05, 4.69) is 17.1 Å². The summed E-state index contributed by atoms with van der Waals surface area (Å²) in [5.41, 5.74) is 0. The standard InChI is InChI=1S/C15H28N2O3/c1-12-11-17(14-6-4-3-5-13(12)14)15(18)16-7-8-20-10-9-19-2/h12-14H,3-11H2,1-2H3,(H,16,18). The Labute approximate surface area is 122 Å². The third kappa shape index (κ3) is 3.85. The molecule has 2 aliphatic rings. The van der Waals surface area contributed by atoms with Crippen LogP contribution in [0.3, 0.4) is 0 Å². The molecule has 1 N–H and O–H groups in total. The molecule has 1 aliphatic carbocycles. The van der Waals surface area contributed by atoms with Crippen LogP contribution >= 0.6 is 0 Å². The van der Waals surface area contributed by atoms with Crippen molar-refractivity contribution in [2.24, 2.45) is 11.8 Å². The Kier molecular flexibility index (Phi) is 6.10. The number of ether oxygens (including phenoxy) is 2. The van der Waals surface area contributed by atoms with E-state index in [1.54, 1.807) is 7.11 Å². The normalized spacial score (nSPS) is 29.3. The van der Waals surface area contributed by atoms with Crippen molar-refractivity contribution in [1.82, 2.24) is 10.2 Å². The average Bonchev–Trinajstić information content (AvgIpc) is 2.80. The molecule has 20 heavy (non-hydrogen) atoms. The van der Waals surface area contributed by atoms with E-state index >= 15 is 0 Å². The molecule has 0 aromatic carbocycles. The van der Waals surface area contributed by atoms with E-state index < -0.39 is 0 Å². The van der Waals surface area contributed by atoms with Gasteiger partial charge in [0.2, 0.25) is 0 Å². The quantitative estimate of drug-likeness (QED) is 0.758. The highest BCUT2D eigenvalue weighted by atomic mass is 16.5. The number of nitrogens with one attached hydrogen (secondary N) is 1. The first kappa shape index (κ1) is 15.6. The maximum absolute atomic E-state index is 12.3. The molecule has 5 nitrogen and oxygen atoms in total. The molecule has 0 aromatic heterocycles. The van der Waals surface area contributed by atoms with E-state index in [0.29, 0.717) is 44.2 Å². The first-order valence-corrected chi connectivity index (χ1v) is 7.85. The fourth-order valence-electron chi connectivity index (χ4n) is 3.58. The number of rotatable bonds is 6. The number of amides is 2. The summed E-state index contributed by atoms with van der Waals surface area (Å²) in [4.78, 5) is 14.3. The Morgan fingerprint density at radius 2 is 2.05 bits per heavy atom. The maximum Gasteiger partial charge on any atom is 0.317 e. The van der Waals surface area contributed by atoms with Crippen LogP contribution in [0.5, 0.6) is 0 Å². The molecule has 1 heterocycles. The van der Waals surface area contributed by atoms with Gasteiger partial charge in [0.25, 0.3) is 0 Å². The Morgan fingerprint density at radius 3 is 2.85 bits per heavy atom. The Hall–Kier alpha value is -0.810. The van der Waals surface area contributed by atoms with E-state index in [1.807, 2.05) is 0 Å². The van der Waals surface area contributed by atoms with E-state index in [1.165, 1.54) is 25.7 Å². The van der Waals surface area contributed by atoms with Crippen LogP contribution in [-0.4, -0.2) is 57.0 Å². The third-order valence-corrected chi connectivity index (χ3v) is 4.61. The van der Waals surface area contributed by atoms with Gasteiger partial charge < -0.3 is 19.7 Å². The average molecular weight is 284 g/mol. The Morgan fingerprint density at radius 1 is 1.25 bits per heavy atom. The number of hydrogen-bond donors (Lipinski definition) is 1. The zero-order valence-electron chi connectivity index (χ0n) is 12.8. The van der Waals surface area contributed by atoms with Gasteiger partial charge in [-0.1, -0.05) is 19.8 Å². The number of hydrogen-bond acceptors (Lipinski definition) is 3. The smallest absolute Gasteiger partial charge is 0.317 e. The summed E-state index contributed by atoms with van der Waals surface area (Å²) in [6.45, 7) is 5.49. The number of methoxy groups -OCH3 is 1. The van der Waals surface area contributed by atoms with Gasteiger partial charge in [-0.05, 0) is 24.7 Å². The zero-order valence-corrected chi connectivity index (χ0v) is 12.8. The topological polar surface area (TPSA) is 50.8 Å².